The van der Waals surface area contributed by atoms with Crippen LogP contribution in [0.15, 0.2) is 30.3 Å². The number of hydrogen-bond acceptors (Lipinski definition) is 4. The van der Waals surface area contributed by atoms with E-state index < -0.39 is 24.2 Å². The Balaban J connectivity index is 1.74. The molecule has 0 heterocycles. The molecule has 1 saturated carbocycles. The number of amides is 1. The number of carboxylic acids is 1. The highest BCUT2D eigenvalue weighted by Gasteiger charge is 2.28. The van der Waals surface area contributed by atoms with Crippen molar-refractivity contribution in [2.45, 2.75) is 57.3 Å². The summed E-state index contributed by atoms with van der Waals surface area (Å²) in [6.07, 6.45) is 2.38. The van der Waals surface area contributed by atoms with Crippen LogP contribution in [0.3, 0.4) is 0 Å². The van der Waals surface area contributed by atoms with Crippen LogP contribution in [-0.2, 0) is 16.0 Å². The number of benzene rings is 1. The molecule has 0 unspecified atom stereocenters. The fraction of sp³-hybridized carbons (Fsp3) is 0.556. The van der Waals surface area contributed by atoms with Crippen LogP contribution in [0.4, 0.5) is 4.79 Å². The van der Waals surface area contributed by atoms with Gasteiger partial charge in [-0.15, -0.1) is 0 Å². The second-order valence-corrected chi connectivity index (χ2v) is 6.44. The Bertz CT molecular complexity index is 538. The summed E-state index contributed by atoms with van der Waals surface area (Å²) in [4.78, 5) is 22.8. The summed E-state index contributed by atoms with van der Waals surface area (Å²) in [6.45, 7) is 1.31. The van der Waals surface area contributed by atoms with E-state index in [-0.39, 0.29) is 6.10 Å². The SMILES string of the molecule is C[C@H](O)[C@@H](NC(=O)O[C@H]1CC[C@H](Cc2ccccc2)CC1)C(=O)O. The molecule has 0 radical (unpaired) electrons. The van der Waals surface area contributed by atoms with Gasteiger partial charge in [0.05, 0.1) is 6.10 Å². The number of aliphatic hydroxyl groups is 1. The van der Waals surface area contributed by atoms with E-state index >= 15 is 0 Å². The first kappa shape index (κ1) is 18.3. The molecular weight excluding hydrogens is 310 g/mol. The molecule has 0 saturated heterocycles. The number of carboxylic acid groups (broad SMARTS) is 1. The number of rotatable bonds is 6. The topological polar surface area (TPSA) is 95.9 Å². The van der Waals surface area contributed by atoms with Gasteiger partial charge >= 0.3 is 12.1 Å². The number of aliphatic carboxylic acids is 1. The van der Waals surface area contributed by atoms with Gasteiger partial charge in [-0.2, -0.15) is 0 Å². The minimum atomic E-state index is -1.35. The average molecular weight is 335 g/mol. The Morgan fingerprint density at radius 2 is 1.83 bits per heavy atom. The lowest BCUT2D eigenvalue weighted by molar-refractivity contribution is -0.142. The first-order valence-corrected chi connectivity index (χ1v) is 8.37. The second kappa shape index (κ2) is 8.68. The molecule has 24 heavy (non-hydrogen) atoms. The van der Waals surface area contributed by atoms with Crippen LogP contribution in [0.25, 0.3) is 0 Å². The van der Waals surface area contributed by atoms with Gasteiger partial charge in [-0.05, 0) is 50.5 Å². The number of ether oxygens (including phenoxy) is 1. The number of hydrogen-bond donors (Lipinski definition) is 3. The van der Waals surface area contributed by atoms with Crippen LogP contribution >= 0.6 is 0 Å². The quantitative estimate of drug-likeness (QED) is 0.741. The van der Waals surface area contributed by atoms with E-state index in [4.69, 9.17) is 9.84 Å². The highest BCUT2D eigenvalue weighted by atomic mass is 16.6. The van der Waals surface area contributed by atoms with Gasteiger partial charge in [0.1, 0.15) is 6.10 Å². The molecule has 2 rings (SSSR count). The molecule has 3 N–H and O–H groups in total. The second-order valence-electron chi connectivity index (χ2n) is 6.44. The molecule has 1 aliphatic carbocycles. The number of alkyl carbamates (subject to hydrolysis) is 1. The smallest absolute Gasteiger partial charge is 0.408 e. The minimum absolute atomic E-state index is 0.194. The predicted octanol–water partition coefficient (Wildman–Crippen LogP) is 2.35. The maximum atomic E-state index is 11.8. The third-order valence-electron chi connectivity index (χ3n) is 4.46. The highest BCUT2D eigenvalue weighted by molar-refractivity contribution is 5.80. The Morgan fingerprint density at radius 1 is 1.21 bits per heavy atom. The van der Waals surface area contributed by atoms with E-state index in [9.17, 15) is 14.7 Å². The normalized spacial score (nSPS) is 23.1. The number of carbonyl (C=O) groups is 2. The lowest BCUT2D eigenvalue weighted by Gasteiger charge is -2.29. The number of nitrogens with one attached hydrogen (secondary N) is 1. The molecule has 2 atom stereocenters. The molecule has 132 valence electrons. The summed E-state index contributed by atoms with van der Waals surface area (Å²) in [6, 6.07) is 8.97. The fourth-order valence-corrected chi connectivity index (χ4v) is 3.10. The van der Waals surface area contributed by atoms with Crippen molar-refractivity contribution in [2.75, 3.05) is 0 Å². The monoisotopic (exact) mass is 335 g/mol. The predicted molar refractivity (Wildman–Crippen MR) is 88.6 cm³/mol. The van der Waals surface area contributed by atoms with Gasteiger partial charge in [-0.1, -0.05) is 30.3 Å². The van der Waals surface area contributed by atoms with Crippen LogP contribution in [-0.4, -0.2) is 40.5 Å². The van der Waals surface area contributed by atoms with Crippen molar-refractivity contribution in [1.82, 2.24) is 5.32 Å². The number of carbonyl (C=O) groups excluding carboxylic acids is 1. The van der Waals surface area contributed by atoms with Gasteiger partial charge in [0.25, 0.3) is 0 Å². The lowest BCUT2D eigenvalue weighted by atomic mass is 9.83. The molecular formula is C18H25NO5. The molecule has 6 heteroatoms. The third-order valence-corrected chi connectivity index (χ3v) is 4.46. The average Bonchev–Trinajstić information content (AvgIpc) is 2.55. The molecule has 1 fully saturated rings. The van der Waals surface area contributed by atoms with Crippen molar-refractivity contribution in [3.05, 3.63) is 35.9 Å². The Morgan fingerprint density at radius 3 is 2.38 bits per heavy atom. The van der Waals surface area contributed by atoms with Crippen LogP contribution < -0.4 is 5.32 Å². The third kappa shape index (κ3) is 5.53. The van der Waals surface area contributed by atoms with E-state index in [0.717, 1.165) is 32.1 Å². The summed E-state index contributed by atoms with van der Waals surface area (Å²) in [5.41, 5.74) is 1.32. The van der Waals surface area contributed by atoms with Gasteiger partial charge in [0.15, 0.2) is 6.04 Å². The molecule has 0 bridgehead atoms. The van der Waals surface area contributed by atoms with Crippen molar-refractivity contribution in [3.8, 4) is 0 Å². The summed E-state index contributed by atoms with van der Waals surface area (Å²) in [5, 5.41) is 20.5. The molecule has 0 spiro atoms. The molecule has 1 aromatic rings. The van der Waals surface area contributed by atoms with Crippen molar-refractivity contribution >= 4 is 12.1 Å². The number of aliphatic hydroxyl groups excluding tert-OH is 1. The summed E-state index contributed by atoms with van der Waals surface area (Å²) < 4.78 is 5.30. The van der Waals surface area contributed by atoms with E-state index in [1.165, 1.54) is 12.5 Å². The first-order chi connectivity index (χ1) is 11.5. The Hall–Kier alpha value is -2.08. The van der Waals surface area contributed by atoms with Gasteiger partial charge in [0.2, 0.25) is 0 Å². The summed E-state index contributed by atoms with van der Waals surface area (Å²) >= 11 is 0. The molecule has 1 aliphatic rings. The van der Waals surface area contributed by atoms with E-state index in [0.29, 0.717) is 5.92 Å². The molecule has 1 amide bonds. The molecule has 0 aromatic heterocycles. The fourth-order valence-electron chi connectivity index (χ4n) is 3.10. The largest absolute Gasteiger partial charge is 0.480 e. The summed E-state index contributed by atoms with van der Waals surface area (Å²) in [5.74, 6) is -0.701. The highest BCUT2D eigenvalue weighted by Crippen LogP contribution is 2.29. The lowest BCUT2D eigenvalue weighted by Crippen LogP contribution is -2.48. The van der Waals surface area contributed by atoms with Gasteiger partial charge in [-0.25, -0.2) is 9.59 Å². The first-order valence-electron chi connectivity index (χ1n) is 8.37. The Labute approximate surface area is 141 Å². The molecule has 0 aliphatic heterocycles. The van der Waals surface area contributed by atoms with Crippen molar-refractivity contribution in [2.24, 2.45) is 5.92 Å². The van der Waals surface area contributed by atoms with Gasteiger partial charge < -0.3 is 20.3 Å². The van der Waals surface area contributed by atoms with Gasteiger partial charge in [0, 0.05) is 0 Å². The zero-order chi connectivity index (χ0) is 17.5. The van der Waals surface area contributed by atoms with Gasteiger partial charge in [-0.3, -0.25) is 0 Å². The maximum absolute atomic E-state index is 11.8. The zero-order valence-corrected chi connectivity index (χ0v) is 13.9. The standard InChI is InChI=1S/C18H25NO5/c1-12(20)16(17(21)22)19-18(23)24-15-9-7-14(8-10-15)11-13-5-3-2-4-6-13/h2-6,12,14-16,20H,7-11H2,1H3,(H,19,23)(H,21,22)/t12-,14-,15-,16+/m0/s1. The van der Waals surface area contributed by atoms with Crippen molar-refractivity contribution in [1.29, 1.82) is 0 Å². The van der Waals surface area contributed by atoms with E-state index in [1.54, 1.807) is 0 Å². The van der Waals surface area contributed by atoms with E-state index in [1.807, 2.05) is 18.2 Å². The van der Waals surface area contributed by atoms with Crippen LogP contribution in [0.5, 0.6) is 0 Å². The van der Waals surface area contributed by atoms with E-state index in [2.05, 4.69) is 17.4 Å². The molecule has 1 aromatic carbocycles. The van der Waals surface area contributed by atoms with Crippen molar-refractivity contribution < 1.29 is 24.5 Å². The molecule has 6 nitrogen and oxygen atoms in total. The Kier molecular flexibility index (Phi) is 6.61. The van der Waals surface area contributed by atoms with Crippen LogP contribution in [0.1, 0.15) is 38.2 Å². The van der Waals surface area contributed by atoms with Crippen LogP contribution in [0.2, 0.25) is 0 Å². The minimum Gasteiger partial charge on any atom is -0.480 e. The zero-order valence-electron chi connectivity index (χ0n) is 13.9. The maximum Gasteiger partial charge on any atom is 0.408 e. The summed E-state index contributed by atoms with van der Waals surface area (Å²) in [7, 11) is 0. The van der Waals surface area contributed by atoms with Crippen molar-refractivity contribution in [3.63, 3.8) is 0 Å². The van der Waals surface area contributed by atoms with Crippen LogP contribution in [0, 0.1) is 5.92 Å².